The highest BCUT2D eigenvalue weighted by Gasteiger charge is 2.33. The molecule has 1 N–H and O–H groups in total. The number of hydrogen-bond acceptors (Lipinski definition) is 6. The number of methoxy groups -OCH3 is 1. The van der Waals surface area contributed by atoms with E-state index in [2.05, 4.69) is 0 Å². The molecule has 1 aliphatic heterocycles. The smallest absolute Gasteiger partial charge is 0.151 e. The van der Waals surface area contributed by atoms with Crippen molar-refractivity contribution in [1.82, 2.24) is 4.90 Å². The van der Waals surface area contributed by atoms with Crippen LogP contribution in [0.5, 0.6) is 11.5 Å². The zero-order valence-electron chi connectivity index (χ0n) is 16.3. The molecule has 29 heavy (non-hydrogen) atoms. The lowest BCUT2D eigenvalue weighted by Gasteiger charge is -2.30. The molecule has 6 nitrogen and oxygen atoms in total. The second kappa shape index (κ2) is 9.56. The molecule has 0 amide bonds. The Bertz CT molecular complexity index is 904. The van der Waals surface area contributed by atoms with Crippen LogP contribution in [0, 0.1) is 5.82 Å². The third-order valence-corrected chi connectivity index (χ3v) is 6.75. The number of nitrogens with zero attached hydrogens (tertiary/aromatic N) is 1. The number of hydrogen-bond donors (Lipinski definition) is 1. The van der Waals surface area contributed by atoms with Crippen LogP contribution in [0.3, 0.4) is 0 Å². The Kier molecular flexibility index (Phi) is 7.10. The number of rotatable bonds is 9. The molecular weight excluding hydrogens is 397 g/mol. The zero-order chi connectivity index (χ0) is 20.9. The molecule has 2 atom stereocenters. The van der Waals surface area contributed by atoms with Crippen LogP contribution in [0.25, 0.3) is 0 Å². The molecule has 1 heterocycles. The Morgan fingerprint density at radius 3 is 2.48 bits per heavy atom. The van der Waals surface area contributed by atoms with E-state index < -0.39 is 15.9 Å². The van der Waals surface area contributed by atoms with Crippen LogP contribution in [0.1, 0.15) is 12.0 Å². The molecule has 0 saturated carbocycles. The van der Waals surface area contributed by atoms with Gasteiger partial charge in [0.05, 0.1) is 18.6 Å². The number of benzene rings is 2. The SMILES string of the molecule is COc1ccc(OCC(O)CN(Cc2ccccc2F)C2CCS(=O)(=O)C2)cc1. The summed E-state index contributed by atoms with van der Waals surface area (Å²) in [5.74, 6) is 1.09. The van der Waals surface area contributed by atoms with E-state index in [0.717, 1.165) is 0 Å². The Hall–Kier alpha value is -2.16. The van der Waals surface area contributed by atoms with Crippen molar-refractivity contribution in [3.05, 3.63) is 59.9 Å². The lowest BCUT2D eigenvalue weighted by atomic mass is 10.1. The van der Waals surface area contributed by atoms with E-state index in [1.165, 1.54) is 6.07 Å². The third kappa shape index (κ3) is 6.16. The quantitative estimate of drug-likeness (QED) is 0.667. The van der Waals surface area contributed by atoms with Crippen molar-refractivity contribution in [3.8, 4) is 11.5 Å². The number of halogens is 1. The molecule has 158 valence electrons. The Morgan fingerprint density at radius 1 is 1.17 bits per heavy atom. The first-order chi connectivity index (χ1) is 13.9. The molecular formula is C21H26FNO5S. The van der Waals surface area contributed by atoms with Gasteiger partial charge in [-0.05, 0) is 36.8 Å². The van der Waals surface area contributed by atoms with Gasteiger partial charge >= 0.3 is 0 Å². The zero-order valence-corrected chi connectivity index (χ0v) is 17.1. The summed E-state index contributed by atoms with van der Waals surface area (Å²) < 4.78 is 48.7. The van der Waals surface area contributed by atoms with Crippen LogP contribution < -0.4 is 9.47 Å². The Balaban J connectivity index is 1.64. The molecule has 1 fully saturated rings. The van der Waals surface area contributed by atoms with Crippen molar-refractivity contribution < 1.29 is 27.4 Å². The fraction of sp³-hybridized carbons (Fsp3) is 0.429. The summed E-state index contributed by atoms with van der Waals surface area (Å²) >= 11 is 0. The molecule has 2 aromatic rings. The van der Waals surface area contributed by atoms with Gasteiger partial charge in [0.2, 0.25) is 0 Å². The van der Waals surface area contributed by atoms with E-state index in [-0.39, 0.29) is 43.1 Å². The standard InChI is InChI=1S/C21H26FNO5S/c1-27-19-6-8-20(9-7-19)28-14-18(24)13-23(17-10-11-29(25,26)15-17)12-16-4-2-3-5-21(16)22/h2-9,17-18,24H,10-15H2,1H3. The summed E-state index contributed by atoms with van der Waals surface area (Å²) in [5.41, 5.74) is 0.472. The third-order valence-electron chi connectivity index (χ3n) is 5.00. The highest BCUT2D eigenvalue weighted by atomic mass is 32.2. The van der Waals surface area contributed by atoms with E-state index in [1.54, 1.807) is 49.6 Å². The minimum Gasteiger partial charge on any atom is -0.497 e. The largest absolute Gasteiger partial charge is 0.497 e. The summed E-state index contributed by atoms with van der Waals surface area (Å²) in [6.07, 6.45) is -0.379. The van der Waals surface area contributed by atoms with Gasteiger partial charge in [0.25, 0.3) is 0 Å². The molecule has 0 spiro atoms. The maximum absolute atomic E-state index is 14.1. The number of aliphatic hydroxyl groups is 1. The molecule has 3 rings (SSSR count). The molecule has 0 aliphatic carbocycles. The van der Waals surface area contributed by atoms with Crippen molar-refractivity contribution in [2.24, 2.45) is 0 Å². The summed E-state index contributed by atoms with van der Waals surface area (Å²) in [4.78, 5) is 1.84. The normalized spacial score (nSPS) is 19.2. The van der Waals surface area contributed by atoms with Gasteiger partial charge in [0, 0.05) is 24.7 Å². The molecule has 8 heteroatoms. The first-order valence-corrected chi connectivity index (χ1v) is 11.3. The van der Waals surface area contributed by atoms with Gasteiger partial charge in [0.1, 0.15) is 30.0 Å². The van der Waals surface area contributed by atoms with Crippen LogP contribution in [0.15, 0.2) is 48.5 Å². The van der Waals surface area contributed by atoms with Crippen molar-refractivity contribution in [2.45, 2.75) is 25.1 Å². The monoisotopic (exact) mass is 423 g/mol. The van der Waals surface area contributed by atoms with Gasteiger partial charge < -0.3 is 14.6 Å². The molecule has 1 saturated heterocycles. The van der Waals surface area contributed by atoms with Gasteiger partial charge in [-0.1, -0.05) is 18.2 Å². The van der Waals surface area contributed by atoms with Crippen molar-refractivity contribution in [1.29, 1.82) is 0 Å². The second-order valence-corrected chi connectivity index (χ2v) is 9.45. The molecule has 0 bridgehead atoms. The summed E-state index contributed by atoms with van der Waals surface area (Å²) in [5, 5.41) is 10.5. The number of ether oxygens (including phenoxy) is 2. The molecule has 0 aromatic heterocycles. The lowest BCUT2D eigenvalue weighted by Crippen LogP contribution is -2.42. The average Bonchev–Trinajstić information content (AvgIpc) is 3.07. The Morgan fingerprint density at radius 2 is 1.86 bits per heavy atom. The van der Waals surface area contributed by atoms with E-state index in [0.29, 0.717) is 23.5 Å². The topological polar surface area (TPSA) is 76.1 Å². The second-order valence-electron chi connectivity index (χ2n) is 7.22. The van der Waals surface area contributed by atoms with E-state index >= 15 is 0 Å². The fourth-order valence-electron chi connectivity index (χ4n) is 3.44. The maximum atomic E-state index is 14.1. The predicted molar refractivity (Wildman–Crippen MR) is 108 cm³/mol. The molecule has 1 aliphatic rings. The van der Waals surface area contributed by atoms with Gasteiger partial charge in [-0.2, -0.15) is 0 Å². The van der Waals surface area contributed by atoms with E-state index in [4.69, 9.17) is 9.47 Å². The minimum absolute atomic E-state index is 0.0213. The van der Waals surface area contributed by atoms with Crippen LogP contribution >= 0.6 is 0 Å². The minimum atomic E-state index is -3.10. The van der Waals surface area contributed by atoms with E-state index in [9.17, 15) is 17.9 Å². The van der Waals surface area contributed by atoms with Crippen LogP contribution in [0.4, 0.5) is 4.39 Å². The fourth-order valence-corrected chi connectivity index (χ4v) is 5.20. The van der Waals surface area contributed by atoms with Crippen molar-refractivity contribution in [3.63, 3.8) is 0 Å². The Labute approximate surface area is 170 Å². The maximum Gasteiger partial charge on any atom is 0.151 e. The highest BCUT2D eigenvalue weighted by molar-refractivity contribution is 7.91. The predicted octanol–water partition coefficient (Wildman–Crippen LogP) is 2.26. The van der Waals surface area contributed by atoms with E-state index in [1.807, 2.05) is 4.90 Å². The summed E-state index contributed by atoms with van der Waals surface area (Å²) in [6, 6.07) is 13.2. The van der Waals surface area contributed by atoms with Gasteiger partial charge in [-0.15, -0.1) is 0 Å². The summed E-state index contributed by atoms with van der Waals surface area (Å²) in [6.45, 7) is 0.455. The lowest BCUT2D eigenvalue weighted by molar-refractivity contribution is 0.0520. The van der Waals surface area contributed by atoms with Crippen molar-refractivity contribution >= 4 is 9.84 Å². The highest BCUT2D eigenvalue weighted by Crippen LogP contribution is 2.22. The summed E-state index contributed by atoms with van der Waals surface area (Å²) in [7, 11) is -1.52. The van der Waals surface area contributed by atoms with Crippen LogP contribution in [-0.4, -0.2) is 62.3 Å². The molecule has 0 radical (unpaired) electrons. The number of aliphatic hydroxyl groups excluding tert-OH is 1. The van der Waals surface area contributed by atoms with Crippen LogP contribution in [-0.2, 0) is 16.4 Å². The number of sulfone groups is 1. The molecule has 2 unspecified atom stereocenters. The van der Waals surface area contributed by atoms with Gasteiger partial charge in [-0.3, -0.25) is 4.90 Å². The van der Waals surface area contributed by atoms with Gasteiger partial charge in [0.15, 0.2) is 9.84 Å². The first kappa shape index (κ1) is 21.5. The van der Waals surface area contributed by atoms with Gasteiger partial charge in [-0.25, -0.2) is 12.8 Å². The molecule has 2 aromatic carbocycles. The average molecular weight is 424 g/mol. The van der Waals surface area contributed by atoms with Crippen LogP contribution in [0.2, 0.25) is 0 Å². The van der Waals surface area contributed by atoms with Crippen molar-refractivity contribution in [2.75, 3.05) is 31.8 Å². The first-order valence-electron chi connectivity index (χ1n) is 9.49.